The van der Waals surface area contributed by atoms with Gasteiger partial charge in [0.05, 0.1) is 6.61 Å². The standard InChI is InChI=1S/C12H20N4O3/c1-3-19-12(18)15(2)10-11(17)13-6-4-8-16-9-5-7-14-16/h5,7,9H,3-4,6,8,10H2,1-2H3,(H,13,17). The van der Waals surface area contributed by atoms with Crippen LogP contribution in [-0.2, 0) is 16.1 Å². The van der Waals surface area contributed by atoms with Crippen LogP contribution in [0.15, 0.2) is 18.5 Å². The van der Waals surface area contributed by atoms with E-state index < -0.39 is 6.09 Å². The van der Waals surface area contributed by atoms with Gasteiger partial charge >= 0.3 is 6.09 Å². The van der Waals surface area contributed by atoms with Crippen LogP contribution in [0, 0.1) is 0 Å². The summed E-state index contributed by atoms with van der Waals surface area (Å²) in [5, 5.41) is 6.80. The van der Waals surface area contributed by atoms with Crippen LogP contribution in [0.25, 0.3) is 0 Å². The molecule has 0 bridgehead atoms. The lowest BCUT2D eigenvalue weighted by atomic mass is 10.4. The van der Waals surface area contributed by atoms with Gasteiger partial charge < -0.3 is 15.0 Å². The predicted molar refractivity (Wildman–Crippen MR) is 69.5 cm³/mol. The second-order valence-electron chi connectivity index (χ2n) is 4.03. The first-order valence-corrected chi connectivity index (χ1v) is 6.25. The van der Waals surface area contributed by atoms with Crippen molar-refractivity contribution in [3.8, 4) is 0 Å². The number of ether oxygens (including phenoxy) is 1. The van der Waals surface area contributed by atoms with Crippen molar-refractivity contribution < 1.29 is 14.3 Å². The lowest BCUT2D eigenvalue weighted by Gasteiger charge is -2.15. The number of aryl methyl sites for hydroxylation is 1. The van der Waals surface area contributed by atoms with Crippen molar-refractivity contribution >= 4 is 12.0 Å². The molecule has 0 aliphatic carbocycles. The molecule has 7 heteroatoms. The quantitative estimate of drug-likeness (QED) is 0.730. The number of hydrogen-bond acceptors (Lipinski definition) is 4. The molecule has 19 heavy (non-hydrogen) atoms. The number of nitrogens with zero attached hydrogens (tertiary/aromatic N) is 3. The molecule has 0 atom stereocenters. The fraction of sp³-hybridized carbons (Fsp3) is 0.583. The molecule has 0 aliphatic rings. The Morgan fingerprint density at radius 1 is 1.47 bits per heavy atom. The molecule has 1 rings (SSSR count). The molecule has 106 valence electrons. The smallest absolute Gasteiger partial charge is 0.409 e. The highest BCUT2D eigenvalue weighted by Gasteiger charge is 2.12. The Bertz CT molecular complexity index is 392. The van der Waals surface area contributed by atoms with Crippen molar-refractivity contribution in [1.29, 1.82) is 0 Å². The van der Waals surface area contributed by atoms with Crippen LogP contribution >= 0.6 is 0 Å². The van der Waals surface area contributed by atoms with E-state index in [2.05, 4.69) is 10.4 Å². The van der Waals surface area contributed by atoms with Crippen molar-refractivity contribution in [2.75, 3.05) is 26.7 Å². The van der Waals surface area contributed by atoms with E-state index in [9.17, 15) is 9.59 Å². The highest BCUT2D eigenvalue weighted by Crippen LogP contribution is 1.91. The highest BCUT2D eigenvalue weighted by molar-refractivity contribution is 5.81. The number of carbonyl (C=O) groups is 2. The van der Waals surface area contributed by atoms with Crippen LogP contribution in [0.4, 0.5) is 4.79 Å². The summed E-state index contributed by atoms with van der Waals surface area (Å²) in [4.78, 5) is 24.1. The van der Waals surface area contributed by atoms with Gasteiger partial charge in [0, 0.05) is 32.5 Å². The van der Waals surface area contributed by atoms with Crippen LogP contribution in [-0.4, -0.2) is 53.4 Å². The zero-order chi connectivity index (χ0) is 14.1. The number of rotatable bonds is 7. The molecular formula is C12H20N4O3. The fourth-order valence-corrected chi connectivity index (χ4v) is 1.47. The average Bonchev–Trinajstić information content (AvgIpc) is 2.88. The minimum Gasteiger partial charge on any atom is -0.450 e. The van der Waals surface area contributed by atoms with Crippen molar-refractivity contribution in [3.63, 3.8) is 0 Å². The third-order valence-corrected chi connectivity index (χ3v) is 2.41. The number of carbonyl (C=O) groups excluding carboxylic acids is 2. The van der Waals surface area contributed by atoms with Gasteiger partial charge in [-0.2, -0.15) is 5.10 Å². The normalized spacial score (nSPS) is 10.0. The van der Waals surface area contributed by atoms with Gasteiger partial charge in [0.25, 0.3) is 0 Å². The molecule has 0 aliphatic heterocycles. The monoisotopic (exact) mass is 268 g/mol. The number of nitrogens with one attached hydrogen (secondary N) is 1. The van der Waals surface area contributed by atoms with E-state index in [1.807, 2.05) is 12.3 Å². The Labute approximate surface area is 112 Å². The van der Waals surface area contributed by atoms with Crippen molar-refractivity contribution in [3.05, 3.63) is 18.5 Å². The molecule has 0 aromatic carbocycles. The van der Waals surface area contributed by atoms with Crippen LogP contribution in [0.5, 0.6) is 0 Å². The molecule has 0 saturated carbocycles. The summed E-state index contributed by atoms with van der Waals surface area (Å²) < 4.78 is 6.58. The maximum absolute atomic E-state index is 11.5. The van der Waals surface area contributed by atoms with Gasteiger partial charge in [-0.3, -0.25) is 9.48 Å². The molecule has 0 saturated heterocycles. The maximum atomic E-state index is 11.5. The van der Waals surface area contributed by atoms with Crippen LogP contribution < -0.4 is 5.32 Å². The Balaban J connectivity index is 2.12. The number of amides is 2. The van der Waals surface area contributed by atoms with Crippen molar-refractivity contribution in [2.24, 2.45) is 0 Å². The molecule has 7 nitrogen and oxygen atoms in total. The van der Waals surface area contributed by atoms with Gasteiger partial charge in [-0.05, 0) is 19.4 Å². The Morgan fingerprint density at radius 2 is 2.26 bits per heavy atom. The third kappa shape index (κ3) is 5.89. The minimum absolute atomic E-state index is 0.000598. The summed E-state index contributed by atoms with van der Waals surface area (Å²) >= 11 is 0. The molecule has 1 heterocycles. The zero-order valence-corrected chi connectivity index (χ0v) is 11.3. The minimum atomic E-state index is -0.491. The SMILES string of the molecule is CCOC(=O)N(C)CC(=O)NCCCn1cccn1. The molecule has 1 N–H and O–H groups in total. The second-order valence-corrected chi connectivity index (χ2v) is 4.03. The summed E-state index contributed by atoms with van der Waals surface area (Å²) in [5.41, 5.74) is 0. The predicted octanol–water partition coefficient (Wildman–Crippen LogP) is 0.478. The molecule has 0 spiro atoms. The first-order chi connectivity index (χ1) is 9.13. The van der Waals surface area contributed by atoms with Crippen molar-refractivity contribution in [1.82, 2.24) is 20.0 Å². The molecule has 1 aromatic heterocycles. The third-order valence-electron chi connectivity index (χ3n) is 2.41. The lowest BCUT2D eigenvalue weighted by Crippen LogP contribution is -2.39. The van der Waals surface area contributed by atoms with E-state index in [0.29, 0.717) is 13.2 Å². The summed E-state index contributed by atoms with van der Waals surface area (Å²) in [6.07, 6.45) is 3.88. The van der Waals surface area contributed by atoms with E-state index in [1.165, 1.54) is 11.9 Å². The lowest BCUT2D eigenvalue weighted by molar-refractivity contribution is -0.121. The summed E-state index contributed by atoms with van der Waals surface area (Å²) in [7, 11) is 1.53. The summed E-state index contributed by atoms with van der Waals surface area (Å²) in [6, 6.07) is 1.85. The first kappa shape index (κ1) is 15.0. The Morgan fingerprint density at radius 3 is 2.89 bits per heavy atom. The first-order valence-electron chi connectivity index (χ1n) is 6.25. The van der Waals surface area contributed by atoms with Crippen molar-refractivity contribution in [2.45, 2.75) is 19.9 Å². The largest absolute Gasteiger partial charge is 0.450 e. The number of likely N-dealkylation sites (N-methyl/N-ethyl adjacent to an activating group) is 1. The van der Waals surface area contributed by atoms with E-state index in [1.54, 1.807) is 17.8 Å². The summed E-state index contributed by atoms with van der Waals surface area (Å²) in [5.74, 6) is -0.198. The maximum Gasteiger partial charge on any atom is 0.409 e. The van der Waals surface area contributed by atoms with E-state index in [4.69, 9.17) is 4.74 Å². The van der Waals surface area contributed by atoms with Crippen LogP contribution in [0.3, 0.4) is 0 Å². The topological polar surface area (TPSA) is 76.5 Å². The molecule has 0 unspecified atom stereocenters. The molecule has 1 aromatic rings. The molecule has 0 radical (unpaired) electrons. The fourth-order valence-electron chi connectivity index (χ4n) is 1.47. The van der Waals surface area contributed by atoms with Gasteiger partial charge in [-0.1, -0.05) is 0 Å². The van der Waals surface area contributed by atoms with Crippen LogP contribution in [0.2, 0.25) is 0 Å². The molecule has 2 amide bonds. The number of hydrogen-bond donors (Lipinski definition) is 1. The Hall–Kier alpha value is -2.05. The van der Waals surface area contributed by atoms with Gasteiger partial charge in [-0.15, -0.1) is 0 Å². The van der Waals surface area contributed by atoms with Gasteiger partial charge in [0.15, 0.2) is 0 Å². The van der Waals surface area contributed by atoms with E-state index >= 15 is 0 Å². The Kier molecular flexibility index (Phi) is 6.42. The second kappa shape index (κ2) is 8.12. The molecular weight excluding hydrogens is 248 g/mol. The van der Waals surface area contributed by atoms with Crippen LogP contribution in [0.1, 0.15) is 13.3 Å². The molecule has 0 fully saturated rings. The van der Waals surface area contributed by atoms with E-state index in [0.717, 1.165) is 13.0 Å². The van der Waals surface area contributed by atoms with Gasteiger partial charge in [0.2, 0.25) is 5.91 Å². The average molecular weight is 268 g/mol. The van der Waals surface area contributed by atoms with E-state index in [-0.39, 0.29) is 12.5 Å². The highest BCUT2D eigenvalue weighted by atomic mass is 16.6. The summed E-state index contributed by atoms with van der Waals surface area (Å²) in [6.45, 7) is 3.33. The number of aromatic nitrogens is 2. The van der Waals surface area contributed by atoms with Gasteiger partial charge in [0.1, 0.15) is 6.54 Å². The zero-order valence-electron chi connectivity index (χ0n) is 11.3. The van der Waals surface area contributed by atoms with Gasteiger partial charge in [-0.25, -0.2) is 4.79 Å².